The highest BCUT2D eigenvalue weighted by molar-refractivity contribution is 7.13. The number of carboxylic acids is 1. The van der Waals surface area contributed by atoms with E-state index in [0.717, 1.165) is 16.2 Å². The minimum absolute atomic E-state index is 0.00935. The molecular weight excluding hydrogens is 279 g/mol. The molecule has 0 radical (unpaired) electrons. The molecule has 1 N–H and O–H groups in total. The fourth-order valence-electron chi connectivity index (χ4n) is 1.29. The van der Waals surface area contributed by atoms with E-state index in [1.807, 2.05) is 0 Å². The van der Waals surface area contributed by atoms with Gasteiger partial charge in [0.05, 0.1) is 5.02 Å². The van der Waals surface area contributed by atoms with E-state index in [4.69, 9.17) is 21.4 Å². The van der Waals surface area contributed by atoms with E-state index in [2.05, 4.69) is 0 Å². The molecule has 18 heavy (non-hydrogen) atoms. The molecule has 3 nitrogen and oxygen atoms in total. The maximum atomic E-state index is 12.9. The number of rotatable bonds is 4. The van der Waals surface area contributed by atoms with Crippen molar-refractivity contribution >= 4 is 28.9 Å². The zero-order chi connectivity index (χ0) is 13.1. The van der Waals surface area contributed by atoms with Crippen molar-refractivity contribution < 1.29 is 19.0 Å². The summed E-state index contributed by atoms with van der Waals surface area (Å²) in [5, 5.41) is 8.75. The Labute approximate surface area is 111 Å². The fraction of sp³-hybridized carbons (Fsp3) is 0.0833. The minimum Gasteiger partial charge on any atom is -0.488 e. The number of carboxylic acid groups (broad SMARTS) is 1. The number of benzene rings is 1. The minimum atomic E-state index is -0.962. The SMILES string of the molecule is O=C(O)c1ccc(COc2ccc(F)c(Cl)c2)s1. The maximum Gasteiger partial charge on any atom is 0.345 e. The molecule has 0 fully saturated rings. The first-order valence-electron chi connectivity index (χ1n) is 4.96. The normalized spacial score (nSPS) is 10.3. The van der Waals surface area contributed by atoms with Gasteiger partial charge < -0.3 is 9.84 Å². The fourth-order valence-corrected chi connectivity index (χ4v) is 2.22. The van der Waals surface area contributed by atoms with Gasteiger partial charge in [0.2, 0.25) is 0 Å². The number of hydrogen-bond donors (Lipinski definition) is 1. The lowest BCUT2D eigenvalue weighted by Gasteiger charge is -2.05. The predicted octanol–water partition coefficient (Wildman–Crippen LogP) is 3.82. The van der Waals surface area contributed by atoms with Crippen LogP contribution >= 0.6 is 22.9 Å². The zero-order valence-electron chi connectivity index (χ0n) is 9.02. The van der Waals surface area contributed by atoms with Crippen molar-refractivity contribution in [2.45, 2.75) is 6.61 Å². The number of halogens is 2. The number of ether oxygens (including phenoxy) is 1. The van der Waals surface area contributed by atoms with E-state index in [9.17, 15) is 9.18 Å². The third-order valence-corrected chi connectivity index (χ3v) is 3.48. The van der Waals surface area contributed by atoms with Crippen LogP contribution in [0.3, 0.4) is 0 Å². The lowest BCUT2D eigenvalue weighted by atomic mass is 10.3. The lowest BCUT2D eigenvalue weighted by molar-refractivity contribution is 0.0702. The Balaban J connectivity index is 2.02. The van der Waals surface area contributed by atoms with Gasteiger partial charge in [-0.1, -0.05) is 11.6 Å². The molecule has 1 heterocycles. The van der Waals surface area contributed by atoms with Crippen molar-refractivity contribution in [1.29, 1.82) is 0 Å². The van der Waals surface area contributed by atoms with Gasteiger partial charge in [-0.15, -0.1) is 11.3 Å². The van der Waals surface area contributed by atoms with Crippen molar-refractivity contribution in [2.75, 3.05) is 0 Å². The second-order valence-corrected chi connectivity index (χ2v) is 5.01. The molecule has 0 aliphatic heterocycles. The summed E-state index contributed by atoms with van der Waals surface area (Å²) in [6, 6.07) is 7.26. The molecule has 1 aromatic carbocycles. The first-order chi connectivity index (χ1) is 8.56. The van der Waals surface area contributed by atoms with Crippen molar-refractivity contribution in [3.8, 4) is 5.75 Å². The highest BCUT2D eigenvalue weighted by atomic mass is 35.5. The standard InChI is InChI=1S/C12H8ClFO3S/c13-9-5-7(1-3-10(9)14)17-6-8-2-4-11(18-8)12(15)16/h1-5H,6H2,(H,15,16). The monoisotopic (exact) mass is 286 g/mol. The Kier molecular flexibility index (Phi) is 3.84. The number of aromatic carboxylic acids is 1. The Morgan fingerprint density at radius 3 is 2.78 bits per heavy atom. The smallest absolute Gasteiger partial charge is 0.345 e. The molecule has 6 heteroatoms. The zero-order valence-corrected chi connectivity index (χ0v) is 10.6. The van der Waals surface area contributed by atoms with Crippen LogP contribution in [0.4, 0.5) is 4.39 Å². The van der Waals surface area contributed by atoms with Crippen LogP contribution < -0.4 is 4.74 Å². The Hall–Kier alpha value is -1.59. The molecule has 0 aliphatic rings. The van der Waals surface area contributed by atoms with Crippen molar-refractivity contribution in [2.24, 2.45) is 0 Å². The Morgan fingerprint density at radius 1 is 1.39 bits per heavy atom. The molecule has 0 saturated heterocycles. The van der Waals surface area contributed by atoms with Crippen LogP contribution in [0.5, 0.6) is 5.75 Å². The van der Waals surface area contributed by atoms with Gasteiger partial charge in [-0.25, -0.2) is 9.18 Å². The molecule has 0 bridgehead atoms. The van der Waals surface area contributed by atoms with Gasteiger partial charge >= 0.3 is 5.97 Å². The van der Waals surface area contributed by atoms with Gasteiger partial charge in [0, 0.05) is 10.9 Å². The predicted molar refractivity (Wildman–Crippen MR) is 67.0 cm³/mol. The van der Waals surface area contributed by atoms with Gasteiger partial charge in [-0.3, -0.25) is 0 Å². The van der Waals surface area contributed by atoms with Gasteiger partial charge in [0.25, 0.3) is 0 Å². The number of carbonyl (C=O) groups is 1. The summed E-state index contributed by atoms with van der Waals surface area (Å²) in [6.07, 6.45) is 0. The van der Waals surface area contributed by atoms with Gasteiger partial charge in [0.1, 0.15) is 23.1 Å². The summed E-state index contributed by atoms with van der Waals surface area (Å²) in [5.41, 5.74) is 0. The summed E-state index contributed by atoms with van der Waals surface area (Å²) in [5.74, 6) is -1.03. The molecule has 0 spiro atoms. The molecule has 2 aromatic rings. The van der Waals surface area contributed by atoms with Gasteiger partial charge in [-0.05, 0) is 24.3 Å². The molecule has 0 atom stereocenters. The third-order valence-electron chi connectivity index (χ3n) is 2.14. The first-order valence-corrected chi connectivity index (χ1v) is 6.15. The van der Waals surface area contributed by atoms with Crippen molar-refractivity contribution in [3.63, 3.8) is 0 Å². The first kappa shape index (κ1) is 12.9. The molecule has 1 aromatic heterocycles. The molecule has 2 rings (SSSR count). The molecule has 0 aliphatic carbocycles. The maximum absolute atomic E-state index is 12.9. The molecule has 0 saturated carbocycles. The summed E-state index contributed by atoms with van der Waals surface area (Å²) in [4.78, 5) is 11.7. The summed E-state index contributed by atoms with van der Waals surface area (Å²) in [6.45, 7) is 0.222. The van der Waals surface area contributed by atoms with Crippen LogP contribution in [-0.4, -0.2) is 11.1 Å². The van der Waals surface area contributed by atoms with E-state index in [1.165, 1.54) is 24.3 Å². The van der Waals surface area contributed by atoms with Crippen LogP contribution in [0.25, 0.3) is 0 Å². The Bertz CT molecular complexity index is 582. The second kappa shape index (κ2) is 5.37. The summed E-state index contributed by atoms with van der Waals surface area (Å²) >= 11 is 6.75. The average molecular weight is 287 g/mol. The largest absolute Gasteiger partial charge is 0.488 e. The highest BCUT2D eigenvalue weighted by Gasteiger charge is 2.07. The summed E-state index contributed by atoms with van der Waals surface area (Å²) in [7, 11) is 0. The van der Waals surface area contributed by atoms with E-state index in [1.54, 1.807) is 6.07 Å². The number of hydrogen-bond acceptors (Lipinski definition) is 3. The van der Waals surface area contributed by atoms with Gasteiger partial charge in [0.15, 0.2) is 0 Å². The third kappa shape index (κ3) is 3.00. The quantitative estimate of drug-likeness (QED) is 0.929. The van der Waals surface area contributed by atoms with Crippen LogP contribution in [0.2, 0.25) is 5.02 Å². The topological polar surface area (TPSA) is 46.5 Å². The van der Waals surface area contributed by atoms with Crippen LogP contribution in [0.1, 0.15) is 14.5 Å². The van der Waals surface area contributed by atoms with Crippen LogP contribution in [0, 0.1) is 5.82 Å². The number of thiophene rings is 1. The molecule has 94 valence electrons. The van der Waals surface area contributed by atoms with Crippen LogP contribution in [-0.2, 0) is 6.61 Å². The summed E-state index contributed by atoms with van der Waals surface area (Å²) < 4.78 is 18.3. The second-order valence-electron chi connectivity index (χ2n) is 3.44. The van der Waals surface area contributed by atoms with Crippen molar-refractivity contribution in [3.05, 3.63) is 50.9 Å². The van der Waals surface area contributed by atoms with E-state index >= 15 is 0 Å². The van der Waals surface area contributed by atoms with E-state index in [-0.39, 0.29) is 16.5 Å². The van der Waals surface area contributed by atoms with E-state index < -0.39 is 11.8 Å². The van der Waals surface area contributed by atoms with Crippen LogP contribution in [0.15, 0.2) is 30.3 Å². The highest BCUT2D eigenvalue weighted by Crippen LogP contribution is 2.23. The Morgan fingerprint density at radius 2 is 2.17 bits per heavy atom. The van der Waals surface area contributed by atoms with E-state index in [0.29, 0.717) is 5.75 Å². The van der Waals surface area contributed by atoms with Gasteiger partial charge in [-0.2, -0.15) is 0 Å². The molecule has 0 unspecified atom stereocenters. The van der Waals surface area contributed by atoms with Crippen molar-refractivity contribution in [1.82, 2.24) is 0 Å². The lowest BCUT2D eigenvalue weighted by Crippen LogP contribution is -1.93. The average Bonchev–Trinajstić information content (AvgIpc) is 2.79. The molecule has 0 amide bonds. The molecular formula is C12H8ClFO3S.